The number of hydrogen-bond donors (Lipinski definition) is 2. The van der Waals surface area contributed by atoms with E-state index in [0.29, 0.717) is 0 Å². The van der Waals surface area contributed by atoms with Crippen molar-refractivity contribution in [3.8, 4) is 11.3 Å². The molecule has 4 heterocycles. The van der Waals surface area contributed by atoms with Gasteiger partial charge in [0.25, 0.3) is 0 Å². The molecule has 6 heteroatoms. The Balaban J connectivity index is 1.88. The first-order valence-electron chi connectivity index (χ1n) is 7.72. The maximum Gasteiger partial charge on any atom is 0.238 e. The van der Waals surface area contributed by atoms with Crippen LogP contribution in [0.3, 0.4) is 0 Å². The number of benzene rings is 1. The van der Waals surface area contributed by atoms with Gasteiger partial charge in [0.05, 0.1) is 11.6 Å². The van der Waals surface area contributed by atoms with Crippen molar-refractivity contribution in [2.75, 3.05) is 11.1 Å². The van der Waals surface area contributed by atoms with E-state index in [9.17, 15) is 0 Å². The summed E-state index contributed by atoms with van der Waals surface area (Å²) in [5.41, 5.74) is 12.0. The van der Waals surface area contributed by atoms with E-state index in [1.54, 1.807) is 0 Å². The second-order valence-electron chi connectivity index (χ2n) is 5.79. The van der Waals surface area contributed by atoms with Gasteiger partial charge in [-0.05, 0) is 29.8 Å². The monoisotopic (exact) mass is 314 g/mol. The van der Waals surface area contributed by atoms with Crippen molar-refractivity contribution in [1.82, 2.24) is 19.6 Å². The quantitative estimate of drug-likeness (QED) is 0.564. The molecule has 116 valence electrons. The van der Waals surface area contributed by atoms with Crippen LogP contribution >= 0.6 is 0 Å². The zero-order valence-electron chi connectivity index (χ0n) is 12.7. The second-order valence-corrected chi connectivity index (χ2v) is 5.79. The molecule has 0 bridgehead atoms. The molecule has 0 saturated carbocycles. The van der Waals surface area contributed by atoms with Gasteiger partial charge in [-0.25, -0.2) is 9.50 Å². The van der Waals surface area contributed by atoms with Gasteiger partial charge in [-0.2, -0.15) is 0 Å². The van der Waals surface area contributed by atoms with Crippen molar-refractivity contribution < 1.29 is 0 Å². The number of pyridine rings is 1. The number of rotatable bonds is 1. The first-order valence-corrected chi connectivity index (χ1v) is 7.72. The van der Waals surface area contributed by atoms with Crippen LogP contribution in [0.2, 0.25) is 0 Å². The predicted molar refractivity (Wildman–Crippen MR) is 92.5 cm³/mol. The summed E-state index contributed by atoms with van der Waals surface area (Å²) in [5, 5.41) is 7.96. The highest BCUT2D eigenvalue weighted by Crippen LogP contribution is 2.41. The summed E-state index contributed by atoms with van der Waals surface area (Å²) in [5.74, 6) is 0.261. The maximum atomic E-state index is 5.92. The summed E-state index contributed by atoms with van der Waals surface area (Å²) in [6, 6.07) is 14.2. The number of fused-ring (bicyclic) bond motifs is 2. The van der Waals surface area contributed by atoms with Crippen LogP contribution in [0.25, 0.3) is 16.8 Å². The third kappa shape index (κ3) is 1.80. The first-order chi connectivity index (χ1) is 11.8. The molecule has 1 atom stereocenters. The predicted octanol–water partition coefficient (Wildman–Crippen LogP) is 2.89. The molecular weight excluding hydrogens is 300 g/mol. The molecule has 1 aliphatic rings. The van der Waals surface area contributed by atoms with Gasteiger partial charge in [0, 0.05) is 35.4 Å². The number of hydrogen-bond acceptors (Lipinski definition) is 5. The van der Waals surface area contributed by atoms with Crippen LogP contribution in [0, 0.1) is 0 Å². The molecule has 0 aliphatic carbocycles. The Morgan fingerprint density at radius 1 is 1.04 bits per heavy atom. The van der Waals surface area contributed by atoms with Gasteiger partial charge in [0.2, 0.25) is 5.95 Å². The molecular formula is C18H14N6. The number of aromatic nitrogens is 4. The van der Waals surface area contributed by atoms with Crippen molar-refractivity contribution >= 4 is 17.2 Å². The highest BCUT2D eigenvalue weighted by molar-refractivity contribution is 5.90. The number of nitrogens with two attached hydrogens (primary N) is 1. The fourth-order valence-corrected chi connectivity index (χ4v) is 3.35. The molecule has 3 N–H and O–H groups in total. The molecule has 6 nitrogen and oxygen atoms in total. The van der Waals surface area contributed by atoms with Gasteiger partial charge in [-0.15, -0.1) is 5.10 Å². The SMILES string of the molecule is Nc1nc2c3c(ccn3n1)C(c1ccncc1)Nc1ccccc1-2. The smallest absolute Gasteiger partial charge is 0.238 e. The highest BCUT2D eigenvalue weighted by Gasteiger charge is 2.26. The lowest BCUT2D eigenvalue weighted by molar-refractivity contribution is 0.910. The molecule has 0 fully saturated rings. The molecule has 1 aliphatic heterocycles. The minimum atomic E-state index is -0.00683. The maximum absolute atomic E-state index is 5.92. The molecule has 4 aromatic rings. The zero-order valence-corrected chi connectivity index (χ0v) is 12.7. The number of nitrogens with zero attached hydrogens (tertiary/aromatic N) is 4. The van der Waals surface area contributed by atoms with Crippen molar-refractivity contribution in [2.24, 2.45) is 0 Å². The molecule has 1 aromatic carbocycles. The van der Waals surface area contributed by atoms with Crippen LogP contribution in [0.1, 0.15) is 17.2 Å². The summed E-state index contributed by atoms with van der Waals surface area (Å²) in [6.45, 7) is 0. The molecule has 0 saturated heterocycles. The third-order valence-corrected chi connectivity index (χ3v) is 4.39. The van der Waals surface area contributed by atoms with Crippen LogP contribution in [0.15, 0.2) is 61.1 Å². The molecule has 5 rings (SSSR count). The van der Waals surface area contributed by atoms with Crippen molar-refractivity contribution in [3.05, 3.63) is 72.2 Å². The van der Waals surface area contributed by atoms with Crippen LogP contribution in [0.4, 0.5) is 11.6 Å². The summed E-state index contributed by atoms with van der Waals surface area (Å²) in [4.78, 5) is 8.65. The average Bonchev–Trinajstić information content (AvgIpc) is 2.97. The summed E-state index contributed by atoms with van der Waals surface area (Å²) in [7, 11) is 0. The van der Waals surface area contributed by atoms with Crippen molar-refractivity contribution in [1.29, 1.82) is 0 Å². The number of anilines is 2. The second kappa shape index (κ2) is 4.79. The van der Waals surface area contributed by atoms with Crippen molar-refractivity contribution in [3.63, 3.8) is 0 Å². The van der Waals surface area contributed by atoms with Gasteiger partial charge in [-0.1, -0.05) is 18.2 Å². The van der Waals surface area contributed by atoms with E-state index in [2.05, 4.69) is 38.6 Å². The lowest BCUT2D eigenvalue weighted by Crippen LogP contribution is -2.11. The number of nitrogen functional groups attached to an aromatic ring is 1. The molecule has 24 heavy (non-hydrogen) atoms. The average molecular weight is 314 g/mol. The highest BCUT2D eigenvalue weighted by atomic mass is 15.3. The van der Waals surface area contributed by atoms with E-state index < -0.39 is 0 Å². The normalized spacial score (nSPS) is 15.6. The van der Waals surface area contributed by atoms with E-state index in [4.69, 9.17) is 5.73 Å². The Morgan fingerprint density at radius 3 is 2.75 bits per heavy atom. The summed E-state index contributed by atoms with van der Waals surface area (Å²) in [6.07, 6.45) is 5.54. The van der Waals surface area contributed by atoms with E-state index in [1.807, 2.05) is 47.4 Å². The van der Waals surface area contributed by atoms with Crippen molar-refractivity contribution in [2.45, 2.75) is 6.04 Å². The third-order valence-electron chi connectivity index (χ3n) is 4.39. The Kier molecular flexibility index (Phi) is 2.61. The molecule has 0 radical (unpaired) electrons. The van der Waals surface area contributed by atoms with E-state index in [-0.39, 0.29) is 12.0 Å². The minimum absolute atomic E-state index is 0.00683. The van der Waals surface area contributed by atoms with Crippen LogP contribution in [-0.4, -0.2) is 19.6 Å². The lowest BCUT2D eigenvalue weighted by atomic mass is 10.0. The van der Waals surface area contributed by atoms with Crippen LogP contribution in [0.5, 0.6) is 0 Å². The lowest BCUT2D eigenvalue weighted by Gasteiger charge is -2.19. The Morgan fingerprint density at radius 2 is 1.88 bits per heavy atom. The fourth-order valence-electron chi connectivity index (χ4n) is 3.35. The van der Waals surface area contributed by atoms with Gasteiger partial charge in [-0.3, -0.25) is 4.98 Å². The van der Waals surface area contributed by atoms with E-state index >= 15 is 0 Å². The Bertz CT molecular complexity index is 1050. The van der Waals surface area contributed by atoms with E-state index in [1.165, 1.54) is 0 Å². The topological polar surface area (TPSA) is 81.1 Å². The Hall–Kier alpha value is -3.41. The molecule has 0 amide bonds. The molecule has 1 unspecified atom stereocenters. The Labute approximate surface area is 138 Å². The standard InChI is InChI=1S/C18H14N6/c19-18-22-16-12-3-1-2-4-14(12)21-15(11-5-8-20-9-6-11)13-7-10-24(23-18)17(13)16/h1-10,15,21H,(H2,19,23). The largest absolute Gasteiger partial charge is 0.374 e. The minimum Gasteiger partial charge on any atom is -0.374 e. The molecule has 3 aromatic heterocycles. The first kappa shape index (κ1) is 13.1. The number of nitrogens with one attached hydrogen (secondary N) is 1. The van der Waals surface area contributed by atoms with Gasteiger partial charge in [0.15, 0.2) is 0 Å². The van der Waals surface area contributed by atoms with Crippen LogP contribution in [-0.2, 0) is 0 Å². The fraction of sp³-hybridized carbons (Fsp3) is 0.0556. The zero-order chi connectivity index (χ0) is 16.1. The van der Waals surface area contributed by atoms with Gasteiger partial charge >= 0.3 is 0 Å². The summed E-state index contributed by atoms with van der Waals surface area (Å²) >= 11 is 0. The van der Waals surface area contributed by atoms with E-state index in [0.717, 1.165) is 33.6 Å². The van der Waals surface area contributed by atoms with Gasteiger partial charge in [0.1, 0.15) is 5.69 Å². The van der Waals surface area contributed by atoms with Gasteiger partial charge < -0.3 is 11.1 Å². The molecule has 0 spiro atoms. The number of para-hydroxylation sites is 1. The summed E-state index contributed by atoms with van der Waals surface area (Å²) < 4.78 is 1.81. The van der Waals surface area contributed by atoms with Crippen LogP contribution < -0.4 is 11.1 Å².